The Kier molecular flexibility index (Phi) is 2.00. The monoisotopic (exact) mass is 293 g/mol. The molecule has 22 heavy (non-hydrogen) atoms. The number of nitrogens with zero attached hydrogens (tertiary/aromatic N) is 2. The van der Waals surface area contributed by atoms with Crippen molar-refractivity contribution < 1.29 is 10.1 Å². The van der Waals surface area contributed by atoms with Crippen molar-refractivity contribution in [2.45, 2.75) is 33.6 Å². The molecule has 0 N–H and O–H groups in total. The zero-order chi connectivity index (χ0) is 18.9. The fraction of sp³-hybridized carbons (Fsp3) is 0.250. The van der Waals surface area contributed by atoms with Crippen LogP contribution in [0.4, 0.5) is 0 Å². The molecule has 3 aromatic rings. The van der Waals surface area contributed by atoms with Gasteiger partial charge in [-0.05, 0) is 25.5 Å². The summed E-state index contributed by atoms with van der Waals surface area (Å²) in [6, 6.07) is 14.3. The van der Waals surface area contributed by atoms with Gasteiger partial charge in [-0.25, -0.2) is 4.57 Å². The number of hydrogen-bond acceptors (Lipinski definition) is 0. The number of aromatic nitrogens is 2. The van der Waals surface area contributed by atoms with E-state index >= 15 is 0 Å². The van der Waals surface area contributed by atoms with Gasteiger partial charge >= 0.3 is 0 Å². The summed E-state index contributed by atoms with van der Waals surface area (Å²) < 4.78 is 37.1. The zero-order valence-electron chi connectivity index (χ0n) is 17.0. The van der Waals surface area contributed by atoms with E-state index in [1.54, 1.807) is 16.1 Å². The second-order valence-corrected chi connectivity index (χ2v) is 5.85. The molecule has 1 unspecified atom stereocenters. The van der Waals surface area contributed by atoms with Gasteiger partial charge < -0.3 is 0 Å². The molecule has 0 fully saturated rings. The highest BCUT2D eigenvalue weighted by Crippen LogP contribution is 2.37. The third-order valence-corrected chi connectivity index (χ3v) is 4.59. The highest BCUT2D eigenvalue weighted by atomic mass is 15.2. The Hall–Kier alpha value is -2.35. The first-order valence-electron chi connectivity index (χ1n) is 9.50. The normalized spacial score (nSPS) is 22.3. The van der Waals surface area contributed by atoms with Crippen LogP contribution in [0.3, 0.4) is 0 Å². The highest BCUT2D eigenvalue weighted by Gasteiger charge is 2.38. The van der Waals surface area contributed by atoms with Gasteiger partial charge in [0.2, 0.25) is 0 Å². The Balaban J connectivity index is 2.18. The van der Waals surface area contributed by atoms with E-state index in [0.717, 1.165) is 33.8 Å². The molecule has 1 atom stereocenters. The summed E-state index contributed by atoms with van der Waals surface area (Å²) in [5, 5.41) is 0. The van der Waals surface area contributed by atoms with Crippen molar-refractivity contribution in [1.82, 2.24) is 4.57 Å². The Bertz CT molecular complexity index is 1030. The maximum atomic E-state index is 9.00. The predicted octanol–water partition coefficient (Wildman–Crippen LogP) is 4.28. The number of benzene rings is 2. The van der Waals surface area contributed by atoms with Crippen molar-refractivity contribution in [2.24, 2.45) is 0 Å². The lowest BCUT2D eigenvalue weighted by Crippen LogP contribution is -2.38. The zero-order valence-corrected chi connectivity index (χ0v) is 13.0. The van der Waals surface area contributed by atoms with Crippen molar-refractivity contribution in [3.05, 3.63) is 71.2 Å². The van der Waals surface area contributed by atoms with Gasteiger partial charge in [0, 0.05) is 29.0 Å². The van der Waals surface area contributed by atoms with Gasteiger partial charge in [-0.1, -0.05) is 42.5 Å². The number of hydrogen-bond donors (Lipinski definition) is 0. The van der Waals surface area contributed by atoms with Crippen LogP contribution in [-0.2, 0) is 0 Å². The molecule has 0 radical (unpaired) electrons. The molecule has 0 spiro atoms. The maximum absolute atomic E-state index is 9.00. The second kappa shape index (κ2) is 4.57. The Morgan fingerprint density at radius 2 is 1.82 bits per heavy atom. The molecule has 0 bridgehead atoms. The lowest BCUT2D eigenvalue weighted by Gasteiger charge is -2.08. The summed E-state index contributed by atoms with van der Waals surface area (Å²) in [5.74, 6) is 0.174. The predicted molar refractivity (Wildman–Crippen MR) is 89.4 cm³/mol. The van der Waals surface area contributed by atoms with Gasteiger partial charge in [-0.2, -0.15) is 4.57 Å². The number of rotatable bonds is 1. The molecule has 0 aliphatic carbocycles. The smallest absolute Gasteiger partial charge is 0.220 e. The minimum absolute atomic E-state index is 0.174. The summed E-state index contributed by atoms with van der Waals surface area (Å²) in [7, 11) is 0. The number of aryl methyl sites for hydroxylation is 1. The van der Waals surface area contributed by atoms with E-state index in [1.807, 2.05) is 62.4 Å². The van der Waals surface area contributed by atoms with Crippen LogP contribution in [0.1, 0.15) is 41.1 Å². The quantitative estimate of drug-likeness (QED) is 0.592. The summed E-state index contributed by atoms with van der Waals surface area (Å²) in [6.45, 7) is 3.32. The fourth-order valence-corrected chi connectivity index (χ4v) is 3.51. The van der Waals surface area contributed by atoms with Crippen LogP contribution >= 0.6 is 0 Å². The summed E-state index contributed by atoms with van der Waals surface area (Å²) in [5.41, 5.74) is 5.25. The van der Waals surface area contributed by atoms with Gasteiger partial charge in [0.25, 0.3) is 5.82 Å². The first-order valence-corrected chi connectivity index (χ1v) is 7.50. The molecular formula is C20H21N2+. The Morgan fingerprint density at radius 3 is 2.59 bits per heavy atom. The van der Waals surface area contributed by atoms with E-state index in [-0.39, 0.29) is 5.82 Å². The van der Waals surface area contributed by atoms with Crippen LogP contribution < -0.4 is 4.57 Å². The summed E-state index contributed by atoms with van der Waals surface area (Å²) in [4.78, 5) is 0. The molecule has 1 aliphatic rings. The van der Waals surface area contributed by atoms with Gasteiger partial charge in [-0.15, -0.1) is 0 Å². The molecule has 1 aliphatic heterocycles. The maximum Gasteiger partial charge on any atom is 0.259 e. The van der Waals surface area contributed by atoms with Gasteiger partial charge in [0.05, 0.1) is 1.37 Å². The first kappa shape index (κ1) is 9.62. The second-order valence-electron chi connectivity index (χ2n) is 5.85. The van der Waals surface area contributed by atoms with Crippen LogP contribution in [0.25, 0.3) is 16.9 Å². The van der Waals surface area contributed by atoms with E-state index in [2.05, 4.69) is 0 Å². The SMILES string of the molecule is [2H]C([2H])([2H])c1n(-c2ccccc2C)c(C)c2[n+]1C([2H])(C)c1ccccc1-2. The van der Waals surface area contributed by atoms with E-state index in [9.17, 15) is 0 Å². The standard InChI is InChI=1S/C20H21N2/c1-13-9-5-8-12-19(13)21-15(3)20-18-11-7-6-10-17(18)14(2)22(20)16(21)4/h5-12,14H,1-4H3/q+1/i4D3,14D. The number of para-hydroxylation sites is 1. The van der Waals surface area contributed by atoms with Crippen LogP contribution in [-0.4, -0.2) is 4.57 Å². The van der Waals surface area contributed by atoms with Crippen molar-refractivity contribution in [3.8, 4) is 16.9 Å². The largest absolute Gasteiger partial charge is 0.259 e. The number of imidazole rings is 1. The third-order valence-electron chi connectivity index (χ3n) is 4.59. The Morgan fingerprint density at radius 1 is 1.09 bits per heavy atom. The van der Waals surface area contributed by atoms with E-state index in [4.69, 9.17) is 5.48 Å². The molecular weight excluding hydrogens is 268 g/mol. The average molecular weight is 293 g/mol. The number of fused-ring (bicyclic) bond motifs is 3. The summed E-state index contributed by atoms with van der Waals surface area (Å²) in [6.07, 6.45) is 0. The van der Waals surface area contributed by atoms with Crippen LogP contribution in [0.2, 0.25) is 0 Å². The summed E-state index contributed by atoms with van der Waals surface area (Å²) >= 11 is 0. The van der Waals surface area contributed by atoms with E-state index in [0.29, 0.717) is 0 Å². The topological polar surface area (TPSA) is 8.81 Å². The lowest BCUT2D eigenvalue weighted by molar-refractivity contribution is -0.700. The van der Waals surface area contributed by atoms with Crippen LogP contribution in [0.5, 0.6) is 0 Å². The first-order chi connectivity index (χ1) is 12.2. The van der Waals surface area contributed by atoms with Gasteiger partial charge in [0.1, 0.15) is 11.7 Å². The van der Waals surface area contributed by atoms with Crippen molar-refractivity contribution in [3.63, 3.8) is 0 Å². The molecule has 4 rings (SSSR count). The minimum atomic E-state index is -2.35. The molecule has 2 heteroatoms. The molecule has 110 valence electrons. The van der Waals surface area contributed by atoms with Crippen LogP contribution in [0, 0.1) is 20.7 Å². The lowest BCUT2D eigenvalue weighted by atomic mass is 10.0. The molecule has 0 saturated carbocycles. The van der Waals surface area contributed by atoms with Gasteiger partial charge in [-0.3, -0.25) is 0 Å². The molecule has 2 aromatic carbocycles. The Labute approximate surface area is 137 Å². The van der Waals surface area contributed by atoms with Crippen molar-refractivity contribution >= 4 is 0 Å². The fourth-order valence-electron chi connectivity index (χ4n) is 3.51. The van der Waals surface area contributed by atoms with E-state index in [1.165, 1.54) is 0 Å². The average Bonchev–Trinajstić information content (AvgIpc) is 3.00. The molecule has 0 amide bonds. The highest BCUT2D eigenvalue weighted by molar-refractivity contribution is 5.67. The minimum Gasteiger partial charge on any atom is -0.220 e. The van der Waals surface area contributed by atoms with Crippen molar-refractivity contribution in [2.75, 3.05) is 0 Å². The van der Waals surface area contributed by atoms with E-state index < -0.39 is 12.9 Å². The van der Waals surface area contributed by atoms with Gasteiger partial charge in [0.15, 0.2) is 11.4 Å². The molecule has 0 saturated heterocycles. The molecule has 2 heterocycles. The molecule has 2 nitrogen and oxygen atoms in total. The van der Waals surface area contributed by atoms with Crippen LogP contribution in [0.15, 0.2) is 48.5 Å². The third kappa shape index (κ3) is 1.58. The van der Waals surface area contributed by atoms with Crippen molar-refractivity contribution in [1.29, 1.82) is 0 Å². The molecule has 1 aromatic heterocycles.